The van der Waals surface area contributed by atoms with E-state index >= 15 is 0 Å². The molecule has 21 heavy (non-hydrogen) atoms. The fraction of sp³-hybridized carbons (Fsp3) is 0.0625. The molecule has 2 aromatic rings. The van der Waals surface area contributed by atoms with Crippen molar-refractivity contribution in [3.8, 4) is 0 Å². The monoisotopic (exact) mass is 282 g/mol. The molecule has 0 unspecified atom stereocenters. The summed E-state index contributed by atoms with van der Waals surface area (Å²) in [4.78, 5) is 22.2. The maximum Gasteiger partial charge on any atom is 0.274 e. The zero-order valence-electron chi connectivity index (χ0n) is 11.4. The molecular weight excluding hydrogens is 268 g/mol. The highest BCUT2D eigenvalue weighted by Crippen LogP contribution is 2.22. The molecule has 0 aliphatic heterocycles. The van der Waals surface area contributed by atoms with Crippen LogP contribution >= 0.6 is 0 Å². The van der Waals surface area contributed by atoms with Crippen LogP contribution in [0, 0.1) is 17.0 Å². The van der Waals surface area contributed by atoms with Gasteiger partial charge in [-0.15, -0.1) is 0 Å². The highest BCUT2D eigenvalue weighted by Gasteiger charge is 2.11. The zero-order chi connectivity index (χ0) is 15.2. The first kappa shape index (κ1) is 14.5. The zero-order valence-corrected chi connectivity index (χ0v) is 11.4. The third kappa shape index (κ3) is 4.01. The summed E-state index contributed by atoms with van der Waals surface area (Å²) >= 11 is 0. The molecule has 0 bridgehead atoms. The fourth-order valence-corrected chi connectivity index (χ4v) is 1.80. The Morgan fingerprint density at radius 2 is 1.90 bits per heavy atom. The van der Waals surface area contributed by atoms with Crippen molar-refractivity contribution in [2.75, 3.05) is 5.32 Å². The molecule has 0 aliphatic rings. The molecule has 0 radical (unpaired) electrons. The molecule has 0 aromatic heterocycles. The molecule has 106 valence electrons. The molecular formula is C16H14N2O3. The lowest BCUT2D eigenvalue weighted by atomic mass is 10.2. The van der Waals surface area contributed by atoms with Crippen molar-refractivity contribution in [3.63, 3.8) is 0 Å². The van der Waals surface area contributed by atoms with Crippen LogP contribution in [-0.4, -0.2) is 10.8 Å². The van der Waals surface area contributed by atoms with Crippen molar-refractivity contribution < 1.29 is 9.72 Å². The summed E-state index contributed by atoms with van der Waals surface area (Å²) in [5.41, 5.74) is 1.84. The largest absolute Gasteiger partial charge is 0.322 e. The summed E-state index contributed by atoms with van der Waals surface area (Å²) in [6, 6.07) is 14.0. The summed E-state index contributed by atoms with van der Waals surface area (Å²) in [5.74, 6) is -0.336. The second kappa shape index (κ2) is 6.47. The van der Waals surface area contributed by atoms with Crippen molar-refractivity contribution in [3.05, 3.63) is 75.8 Å². The maximum absolute atomic E-state index is 11.8. The number of benzene rings is 2. The van der Waals surface area contributed by atoms with Gasteiger partial charge in [0.15, 0.2) is 0 Å². The van der Waals surface area contributed by atoms with Gasteiger partial charge < -0.3 is 5.32 Å². The second-order valence-electron chi connectivity index (χ2n) is 4.49. The minimum Gasteiger partial charge on any atom is -0.322 e. The van der Waals surface area contributed by atoms with Gasteiger partial charge in [-0.1, -0.05) is 36.4 Å². The summed E-state index contributed by atoms with van der Waals surface area (Å²) in [6.45, 7) is 1.65. The molecule has 0 saturated carbocycles. The predicted molar refractivity (Wildman–Crippen MR) is 81.9 cm³/mol. The third-order valence-corrected chi connectivity index (χ3v) is 2.90. The highest BCUT2D eigenvalue weighted by atomic mass is 16.6. The van der Waals surface area contributed by atoms with Gasteiger partial charge in [0, 0.05) is 23.4 Å². The van der Waals surface area contributed by atoms with E-state index in [1.165, 1.54) is 12.1 Å². The standard InChI is InChI=1S/C16H14N2O3/c1-12-7-9-14(11-15(12)18(20)21)17-16(19)10-8-13-5-3-2-4-6-13/h2-11H,1H3,(H,17,19)/b10-8+. The number of carbonyl (C=O) groups excluding carboxylic acids is 1. The summed E-state index contributed by atoms with van der Waals surface area (Å²) in [6.07, 6.45) is 3.07. The van der Waals surface area contributed by atoms with Crippen LogP contribution in [0.3, 0.4) is 0 Å². The minimum absolute atomic E-state index is 0.0140. The first-order valence-electron chi connectivity index (χ1n) is 6.35. The highest BCUT2D eigenvalue weighted by molar-refractivity contribution is 6.02. The van der Waals surface area contributed by atoms with Crippen molar-refractivity contribution in [1.82, 2.24) is 0 Å². The van der Waals surface area contributed by atoms with E-state index in [9.17, 15) is 14.9 Å². The number of aryl methyl sites for hydroxylation is 1. The Kier molecular flexibility index (Phi) is 4.46. The van der Waals surface area contributed by atoms with E-state index in [1.807, 2.05) is 30.3 Å². The SMILES string of the molecule is Cc1ccc(NC(=O)/C=C/c2ccccc2)cc1[N+](=O)[O-]. The van der Waals surface area contributed by atoms with Crippen molar-refractivity contribution >= 4 is 23.4 Å². The van der Waals surface area contributed by atoms with Crippen LogP contribution in [0.2, 0.25) is 0 Å². The van der Waals surface area contributed by atoms with E-state index in [4.69, 9.17) is 0 Å². The topological polar surface area (TPSA) is 72.2 Å². The molecule has 0 aliphatic carbocycles. The van der Waals surface area contributed by atoms with E-state index in [0.717, 1.165) is 5.56 Å². The molecule has 0 saturated heterocycles. The molecule has 2 aromatic carbocycles. The minimum atomic E-state index is -0.467. The van der Waals surface area contributed by atoms with Gasteiger partial charge in [-0.3, -0.25) is 14.9 Å². The van der Waals surface area contributed by atoms with Gasteiger partial charge in [-0.2, -0.15) is 0 Å². The number of hydrogen-bond donors (Lipinski definition) is 1. The Balaban J connectivity index is 2.08. The van der Waals surface area contributed by atoms with Crippen LogP contribution in [0.15, 0.2) is 54.6 Å². The molecule has 5 heteroatoms. The Morgan fingerprint density at radius 1 is 1.19 bits per heavy atom. The van der Waals surface area contributed by atoms with Crippen LogP contribution in [0.1, 0.15) is 11.1 Å². The quantitative estimate of drug-likeness (QED) is 0.529. The summed E-state index contributed by atoms with van der Waals surface area (Å²) < 4.78 is 0. The lowest BCUT2D eigenvalue weighted by molar-refractivity contribution is -0.385. The molecule has 0 atom stereocenters. The van der Waals surface area contributed by atoms with E-state index in [0.29, 0.717) is 11.3 Å². The molecule has 0 spiro atoms. The smallest absolute Gasteiger partial charge is 0.274 e. The average molecular weight is 282 g/mol. The number of nitro groups is 1. The van der Waals surface area contributed by atoms with Gasteiger partial charge in [0.2, 0.25) is 5.91 Å². The maximum atomic E-state index is 11.8. The van der Waals surface area contributed by atoms with Crippen LogP contribution in [-0.2, 0) is 4.79 Å². The Morgan fingerprint density at radius 3 is 2.57 bits per heavy atom. The van der Waals surface area contributed by atoms with E-state index in [1.54, 1.807) is 25.1 Å². The van der Waals surface area contributed by atoms with Crippen LogP contribution in [0.4, 0.5) is 11.4 Å². The molecule has 2 rings (SSSR count). The van der Waals surface area contributed by atoms with Crippen molar-refractivity contribution in [2.24, 2.45) is 0 Å². The first-order chi connectivity index (χ1) is 10.1. The number of amides is 1. The predicted octanol–water partition coefficient (Wildman–Crippen LogP) is 3.56. The molecule has 0 fully saturated rings. The molecule has 1 amide bonds. The van der Waals surface area contributed by atoms with Gasteiger partial charge in [-0.05, 0) is 24.6 Å². The molecule has 5 nitrogen and oxygen atoms in total. The third-order valence-electron chi connectivity index (χ3n) is 2.90. The average Bonchev–Trinajstić information content (AvgIpc) is 2.48. The van der Waals surface area contributed by atoms with Gasteiger partial charge in [0.25, 0.3) is 5.69 Å². The van der Waals surface area contributed by atoms with Crippen LogP contribution < -0.4 is 5.32 Å². The number of rotatable bonds is 4. The Bertz CT molecular complexity index is 694. The lowest BCUT2D eigenvalue weighted by Crippen LogP contribution is -2.08. The van der Waals surface area contributed by atoms with Crippen LogP contribution in [0.5, 0.6) is 0 Å². The first-order valence-corrected chi connectivity index (χ1v) is 6.35. The van der Waals surface area contributed by atoms with Gasteiger partial charge in [-0.25, -0.2) is 0 Å². The summed E-state index contributed by atoms with van der Waals surface area (Å²) in [7, 11) is 0. The lowest BCUT2D eigenvalue weighted by Gasteiger charge is -2.03. The van der Waals surface area contributed by atoms with E-state index < -0.39 is 4.92 Å². The Hall–Kier alpha value is -2.95. The van der Waals surface area contributed by atoms with E-state index in [-0.39, 0.29) is 11.6 Å². The fourth-order valence-electron chi connectivity index (χ4n) is 1.80. The number of anilines is 1. The number of nitrogens with zero attached hydrogens (tertiary/aromatic N) is 1. The van der Waals surface area contributed by atoms with Gasteiger partial charge >= 0.3 is 0 Å². The normalized spacial score (nSPS) is 10.5. The van der Waals surface area contributed by atoms with Crippen LogP contribution in [0.25, 0.3) is 6.08 Å². The molecule has 0 heterocycles. The van der Waals surface area contributed by atoms with Gasteiger partial charge in [0.1, 0.15) is 0 Å². The van der Waals surface area contributed by atoms with Crippen molar-refractivity contribution in [1.29, 1.82) is 0 Å². The van der Waals surface area contributed by atoms with Crippen molar-refractivity contribution in [2.45, 2.75) is 6.92 Å². The Labute approximate surface area is 122 Å². The summed E-state index contributed by atoms with van der Waals surface area (Å²) in [5, 5.41) is 13.5. The number of nitro benzene ring substituents is 1. The van der Waals surface area contributed by atoms with Gasteiger partial charge in [0.05, 0.1) is 4.92 Å². The number of nitrogens with one attached hydrogen (secondary N) is 1. The second-order valence-corrected chi connectivity index (χ2v) is 4.49. The number of hydrogen-bond acceptors (Lipinski definition) is 3. The van der Waals surface area contributed by atoms with E-state index in [2.05, 4.69) is 5.32 Å². The molecule has 1 N–H and O–H groups in total. The number of carbonyl (C=O) groups is 1.